The van der Waals surface area contributed by atoms with Crippen molar-refractivity contribution in [3.8, 4) is 0 Å². The van der Waals surface area contributed by atoms with Crippen molar-refractivity contribution < 1.29 is 9.59 Å². The van der Waals surface area contributed by atoms with E-state index in [-0.39, 0.29) is 30.4 Å². The van der Waals surface area contributed by atoms with Gasteiger partial charge in [-0.2, -0.15) is 0 Å². The zero-order chi connectivity index (χ0) is 23.4. The van der Waals surface area contributed by atoms with Crippen molar-refractivity contribution >= 4 is 34.8 Å². The number of hydrogen-bond acceptors (Lipinski definition) is 3. The Morgan fingerprint density at radius 3 is 2.61 bits per heavy atom. The number of rotatable bonds is 8. The lowest BCUT2D eigenvalue weighted by Crippen LogP contribution is -2.49. The molecule has 1 aliphatic heterocycles. The van der Waals surface area contributed by atoms with Gasteiger partial charge in [0, 0.05) is 28.9 Å². The molecule has 2 aromatic rings. The third-order valence-electron chi connectivity index (χ3n) is 7.46. The van der Waals surface area contributed by atoms with Crippen molar-refractivity contribution in [1.29, 1.82) is 0 Å². The van der Waals surface area contributed by atoms with E-state index < -0.39 is 0 Å². The molecule has 1 aromatic carbocycles. The molecule has 0 bridgehead atoms. The number of thiophene rings is 1. The monoisotopic (exact) mass is 486 g/mol. The largest absolute Gasteiger partial charge is 0.331 e. The molecule has 1 aromatic heterocycles. The van der Waals surface area contributed by atoms with Crippen LogP contribution in [0.1, 0.15) is 80.8 Å². The van der Waals surface area contributed by atoms with Crippen molar-refractivity contribution in [3.05, 3.63) is 56.7 Å². The highest BCUT2D eigenvalue weighted by Crippen LogP contribution is 2.38. The smallest absolute Gasteiger partial charge is 0.243 e. The first-order valence-electron chi connectivity index (χ1n) is 12.4. The Labute approximate surface area is 206 Å². The zero-order valence-corrected chi connectivity index (χ0v) is 21.3. The first-order chi connectivity index (χ1) is 16.0. The van der Waals surface area contributed by atoms with Crippen molar-refractivity contribution in [2.75, 3.05) is 13.1 Å². The van der Waals surface area contributed by atoms with Gasteiger partial charge in [0.2, 0.25) is 11.8 Å². The molecule has 0 saturated heterocycles. The third-order valence-corrected chi connectivity index (χ3v) is 8.71. The van der Waals surface area contributed by atoms with Gasteiger partial charge in [0.1, 0.15) is 6.54 Å². The molecule has 0 N–H and O–H groups in total. The van der Waals surface area contributed by atoms with Crippen LogP contribution in [-0.4, -0.2) is 40.7 Å². The molecule has 2 heterocycles. The van der Waals surface area contributed by atoms with E-state index in [4.69, 9.17) is 11.6 Å². The van der Waals surface area contributed by atoms with Crippen LogP contribution in [-0.2, 0) is 16.0 Å². The van der Waals surface area contributed by atoms with E-state index in [1.165, 1.54) is 36.1 Å². The van der Waals surface area contributed by atoms with Gasteiger partial charge >= 0.3 is 0 Å². The second-order valence-electron chi connectivity index (χ2n) is 9.56. The molecule has 4 rings (SSSR count). The number of halogens is 1. The Hall–Kier alpha value is -1.85. The molecule has 33 heavy (non-hydrogen) atoms. The first-order valence-corrected chi connectivity index (χ1v) is 13.6. The lowest BCUT2D eigenvalue weighted by Gasteiger charge is -2.38. The van der Waals surface area contributed by atoms with E-state index in [1.54, 1.807) is 11.3 Å². The van der Waals surface area contributed by atoms with Crippen LogP contribution in [0.15, 0.2) is 35.7 Å². The number of carbonyl (C=O) groups is 2. The minimum Gasteiger partial charge on any atom is -0.331 e. The molecule has 1 saturated carbocycles. The summed E-state index contributed by atoms with van der Waals surface area (Å²) in [5.74, 6) is 0.832. The van der Waals surface area contributed by atoms with Crippen LogP contribution in [0.2, 0.25) is 5.02 Å². The maximum Gasteiger partial charge on any atom is 0.243 e. The Balaban J connectivity index is 1.52. The Bertz CT molecular complexity index is 951. The molecule has 1 fully saturated rings. The van der Waals surface area contributed by atoms with Gasteiger partial charge in [-0.3, -0.25) is 9.59 Å². The summed E-state index contributed by atoms with van der Waals surface area (Å²) in [6.07, 6.45) is 8.28. The van der Waals surface area contributed by atoms with Gasteiger partial charge in [-0.1, -0.05) is 56.3 Å². The van der Waals surface area contributed by atoms with E-state index in [1.807, 2.05) is 34.1 Å². The first kappa shape index (κ1) is 24.3. The van der Waals surface area contributed by atoms with E-state index in [0.29, 0.717) is 23.9 Å². The van der Waals surface area contributed by atoms with E-state index in [9.17, 15) is 9.59 Å². The minimum absolute atomic E-state index is 0.0290. The van der Waals surface area contributed by atoms with Gasteiger partial charge in [-0.25, -0.2) is 0 Å². The Morgan fingerprint density at radius 1 is 1.18 bits per heavy atom. The van der Waals surface area contributed by atoms with Crippen LogP contribution in [0, 0.1) is 5.92 Å². The maximum atomic E-state index is 13.7. The van der Waals surface area contributed by atoms with Crippen LogP contribution in [0.4, 0.5) is 0 Å². The van der Waals surface area contributed by atoms with E-state index in [0.717, 1.165) is 24.8 Å². The normalized spacial score (nSPS) is 19.4. The number of nitrogens with zero attached hydrogens (tertiary/aromatic N) is 2. The average Bonchev–Trinajstić information content (AvgIpc) is 3.52. The van der Waals surface area contributed by atoms with Crippen LogP contribution in [0.3, 0.4) is 0 Å². The lowest BCUT2D eigenvalue weighted by molar-refractivity contribution is -0.143. The second kappa shape index (κ2) is 11.1. The van der Waals surface area contributed by atoms with Crippen LogP contribution >= 0.6 is 22.9 Å². The zero-order valence-electron chi connectivity index (χ0n) is 19.8. The average molecular weight is 487 g/mol. The quantitative estimate of drug-likeness (QED) is 0.428. The molecular weight excluding hydrogens is 452 g/mol. The van der Waals surface area contributed by atoms with Crippen LogP contribution < -0.4 is 0 Å². The summed E-state index contributed by atoms with van der Waals surface area (Å²) in [7, 11) is 0. The van der Waals surface area contributed by atoms with E-state index >= 15 is 0 Å². The molecule has 0 radical (unpaired) electrons. The molecular formula is C27H35ClN2O2S. The Morgan fingerprint density at radius 2 is 1.91 bits per heavy atom. The molecule has 2 atom stereocenters. The fourth-order valence-corrected chi connectivity index (χ4v) is 6.34. The topological polar surface area (TPSA) is 40.6 Å². The number of hydrogen-bond donors (Lipinski definition) is 0. The molecule has 4 nitrogen and oxygen atoms in total. The minimum atomic E-state index is -0.128. The number of carbonyl (C=O) groups excluding carboxylic acids is 2. The summed E-state index contributed by atoms with van der Waals surface area (Å²) in [5.41, 5.74) is 2.26. The van der Waals surface area contributed by atoms with Gasteiger partial charge in [-0.15, -0.1) is 11.3 Å². The highest BCUT2D eigenvalue weighted by molar-refractivity contribution is 7.10. The number of amides is 2. The number of benzene rings is 1. The van der Waals surface area contributed by atoms with Crippen molar-refractivity contribution in [1.82, 2.24) is 9.80 Å². The molecule has 6 heteroatoms. The SMILES string of the molecule is CCC(C)N(CC(=O)N1CCc2sccc2C1c1ccc(Cl)cc1)C(=O)CCC1CCCC1. The molecule has 2 amide bonds. The third kappa shape index (κ3) is 5.63. The Kier molecular flexibility index (Phi) is 8.13. The molecule has 178 valence electrons. The second-order valence-corrected chi connectivity index (χ2v) is 11.0. The summed E-state index contributed by atoms with van der Waals surface area (Å²) in [6, 6.07) is 9.87. The van der Waals surface area contributed by atoms with Crippen LogP contribution in [0.5, 0.6) is 0 Å². The molecule has 2 aliphatic rings. The lowest BCUT2D eigenvalue weighted by atomic mass is 9.93. The van der Waals surface area contributed by atoms with Crippen molar-refractivity contribution in [3.63, 3.8) is 0 Å². The van der Waals surface area contributed by atoms with Gasteiger partial charge in [0.15, 0.2) is 0 Å². The summed E-state index contributed by atoms with van der Waals surface area (Å²) >= 11 is 7.90. The molecule has 1 aliphatic carbocycles. The fraction of sp³-hybridized carbons (Fsp3) is 0.556. The molecule has 2 unspecified atom stereocenters. The van der Waals surface area contributed by atoms with Crippen LogP contribution in [0.25, 0.3) is 0 Å². The van der Waals surface area contributed by atoms with Crippen molar-refractivity contribution in [2.45, 2.75) is 77.3 Å². The fourth-order valence-electron chi connectivity index (χ4n) is 5.31. The predicted molar refractivity (Wildman–Crippen MR) is 136 cm³/mol. The van der Waals surface area contributed by atoms with Gasteiger partial charge in [0.05, 0.1) is 6.04 Å². The molecule has 0 spiro atoms. The van der Waals surface area contributed by atoms with Crippen molar-refractivity contribution in [2.24, 2.45) is 5.92 Å². The predicted octanol–water partition coefficient (Wildman–Crippen LogP) is 6.47. The summed E-state index contributed by atoms with van der Waals surface area (Å²) in [4.78, 5) is 32.0. The standard InChI is InChI=1S/C27H35ClN2O2S/c1-3-19(2)30(25(31)13-8-20-6-4-5-7-20)18-26(32)29-16-14-24-23(15-17-33-24)27(29)21-9-11-22(28)12-10-21/h9-12,15,17,19-20,27H,3-8,13-14,16,18H2,1-2H3. The van der Waals surface area contributed by atoms with Gasteiger partial charge in [0.25, 0.3) is 0 Å². The van der Waals surface area contributed by atoms with E-state index in [2.05, 4.69) is 25.3 Å². The van der Waals surface area contributed by atoms with Gasteiger partial charge in [-0.05, 0) is 66.8 Å². The van der Waals surface area contributed by atoms with Gasteiger partial charge < -0.3 is 9.80 Å². The summed E-state index contributed by atoms with van der Waals surface area (Å²) in [6.45, 7) is 4.97. The highest BCUT2D eigenvalue weighted by atomic mass is 35.5. The summed E-state index contributed by atoms with van der Waals surface area (Å²) < 4.78 is 0. The highest BCUT2D eigenvalue weighted by Gasteiger charge is 2.34. The number of fused-ring (bicyclic) bond motifs is 1. The maximum absolute atomic E-state index is 13.7. The summed E-state index contributed by atoms with van der Waals surface area (Å²) in [5, 5.41) is 2.80.